The highest BCUT2D eigenvalue weighted by molar-refractivity contribution is 5.85. The summed E-state index contributed by atoms with van der Waals surface area (Å²) in [6, 6.07) is 40.1. The van der Waals surface area contributed by atoms with Gasteiger partial charge in [0.1, 0.15) is 13.2 Å². The highest BCUT2D eigenvalue weighted by Crippen LogP contribution is 2.22. The molecule has 11 heteroatoms. The number of likely N-dealkylation sites (tertiary alicyclic amines) is 1. The Hall–Kier alpha value is -5.16. The average Bonchev–Trinajstić information content (AvgIpc) is 4.00. The quantitative estimate of drug-likeness (QED) is 0.102. The number of nitrogens with zero attached hydrogens (tertiary/aromatic N) is 3. The number of carbonyl (C=O) groups is 3. The van der Waals surface area contributed by atoms with Gasteiger partial charge in [-0.1, -0.05) is 135 Å². The highest BCUT2D eigenvalue weighted by Gasteiger charge is 2.35. The maximum absolute atomic E-state index is 13.2. The van der Waals surface area contributed by atoms with Crippen LogP contribution in [0.3, 0.4) is 0 Å². The zero-order chi connectivity index (χ0) is 43.0. The standard InChI is InChI=1S/C27H37N3O3.C21H26N2O2.C2H4.ClH/c1-21(2)25(28-3)26(31)30-17-10-15-24(30)19-29(18-16-22-11-6-4-7-12-22)27(32)33-20-23-13-8-5-9-14-23;24-21(25-17-19-10-5-2-6-11-19)23(16-20-12-7-14-22-20)15-13-18-8-3-1-4-9-18;1-2;/h4-9,11-14,21,24-25,28H,10,15-20H2,1-3H3;1-6,8-11,20,22H,7,12-17H2;1-2H2;1H/t24-,25-;20-;;/m00../s1. The summed E-state index contributed by atoms with van der Waals surface area (Å²) in [5.74, 6) is 0.324. The van der Waals surface area contributed by atoms with E-state index in [0.29, 0.717) is 38.8 Å². The van der Waals surface area contributed by atoms with Gasteiger partial charge in [0.05, 0.1) is 6.04 Å². The Bertz CT molecular complexity index is 1800. The summed E-state index contributed by atoms with van der Waals surface area (Å²) in [5, 5.41) is 6.63. The number of carbonyl (C=O) groups excluding carboxylic acids is 3. The molecule has 2 N–H and O–H groups in total. The molecular weight excluding hydrogens is 786 g/mol. The van der Waals surface area contributed by atoms with Crippen molar-refractivity contribution in [3.63, 3.8) is 0 Å². The van der Waals surface area contributed by atoms with Crippen LogP contribution in [-0.4, -0.2) is 97.2 Å². The van der Waals surface area contributed by atoms with Gasteiger partial charge in [0.2, 0.25) is 5.91 Å². The number of likely N-dealkylation sites (N-methyl/N-ethyl adjacent to an activating group) is 1. The molecule has 2 aliphatic heterocycles. The van der Waals surface area contributed by atoms with Crippen LogP contribution in [0.25, 0.3) is 0 Å². The summed E-state index contributed by atoms with van der Waals surface area (Å²) in [4.78, 5) is 44.5. The average molecular weight is 855 g/mol. The molecule has 2 aliphatic rings. The molecule has 0 aromatic heterocycles. The minimum Gasteiger partial charge on any atom is -0.445 e. The van der Waals surface area contributed by atoms with Crippen LogP contribution in [0.1, 0.15) is 61.8 Å². The van der Waals surface area contributed by atoms with Gasteiger partial charge in [-0.15, -0.1) is 25.6 Å². The summed E-state index contributed by atoms with van der Waals surface area (Å²) in [6.45, 7) is 14.9. The summed E-state index contributed by atoms with van der Waals surface area (Å²) in [7, 11) is 1.83. The van der Waals surface area contributed by atoms with Crippen molar-refractivity contribution in [3.8, 4) is 0 Å². The molecular formula is C50H68ClN5O5. The van der Waals surface area contributed by atoms with Crippen LogP contribution in [0.5, 0.6) is 0 Å². The van der Waals surface area contributed by atoms with Gasteiger partial charge in [0.25, 0.3) is 0 Å². The van der Waals surface area contributed by atoms with E-state index in [2.05, 4.69) is 61.9 Å². The summed E-state index contributed by atoms with van der Waals surface area (Å²) >= 11 is 0. The van der Waals surface area contributed by atoms with Crippen molar-refractivity contribution in [3.05, 3.63) is 157 Å². The second kappa shape index (κ2) is 28.4. The molecule has 61 heavy (non-hydrogen) atoms. The van der Waals surface area contributed by atoms with E-state index >= 15 is 0 Å². The van der Waals surface area contributed by atoms with Gasteiger partial charge >= 0.3 is 12.2 Å². The molecule has 3 amide bonds. The van der Waals surface area contributed by atoms with Crippen molar-refractivity contribution in [1.29, 1.82) is 0 Å². The van der Waals surface area contributed by atoms with E-state index in [0.717, 1.165) is 56.3 Å². The Morgan fingerprint density at radius 1 is 0.689 bits per heavy atom. The first kappa shape index (κ1) is 50.2. The molecule has 4 aromatic rings. The fourth-order valence-corrected chi connectivity index (χ4v) is 7.62. The molecule has 3 atom stereocenters. The zero-order valence-electron chi connectivity index (χ0n) is 36.5. The predicted octanol–water partition coefficient (Wildman–Crippen LogP) is 8.95. The fraction of sp³-hybridized carbons (Fsp3) is 0.420. The van der Waals surface area contributed by atoms with Crippen LogP contribution in [0.4, 0.5) is 9.59 Å². The van der Waals surface area contributed by atoms with Gasteiger partial charge in [-0.2, -0.15) is 0 Å². The number of amides is 3. The molecule has 0 aliphatic carbocycles. The number of benzene rings is 4. The molecule has 0 spiro atoms. The first-order chi connectivity index (χ1) is 29.3. The first-order valence-corrected chi connectivity index (χ1v) is 21.5. The summed E-state index contributed by atoms with van der Waals surface area (Å²) < 4.78 is 11.2. The Kier molecular flexibility index (Phi) is 23.4. The molecule has 330 valence electrons. The van der Waals surface area contributed by atoms with E-state index in [-0.39, 0.29) is 55.1 Å². The number of rotatable bonds is 17. The van der Waals surface area contributed by atoms with Crippen LogP contribution in [0, 0.1) is 5.92 Å². The highest BCUT2D eigenvalue weighted by atomic mass is 35.5. The lowest BCUT2D eigenvalue weighted by atomic mass is 10.0. The summed E-state index contributed by atoms with van der Waals surface area (Å²) in [6.07, 6.45) is 5.17. The predicted molar refractivity (Wildman–Crippen MR) is 249 cm³/mol. The van der Waals surface area contributed by atoms with Crippen LogP contribution in [0.2, 0.25) is 0 Å². The van der Waals surface area contributed by atoms with Crippen molar-refractivity contribution in [1.82, 2.24) is 25.3 Å². The monoisotopic (exact) mass is 853 g/mol. The van der Waals surface area contributed by atoms with Crippen molar-refractivity contribution < 1.29 is 23.9 Å². The van der Waals surface area contributed by atoms with E-state index in [9.17, 15) is 14.4 Å². The lowest BCUT2D eigenvalue weighted by Crippen LogP contribution is -2.52. The third-order valence-electron chi connectivity index (χ3n) is 10.9. The van der Waals surface area contributed by atoms with E-state index in [1.807, 2.05) is 114 Å². The van der Waals surface area contributed by atoms with Gasteiger partial charge < -0.3 is 34.8 Å². The van der Waals surface area contributed by atoms with Crippen molar-refractivity contribution in [2.45, 2.75) is 83.7 Å². The lowest BCUT2D eigenvalue weighted by molar-refractivity contribution is -0.135. The molecule has 10 nitrogen and oxygen atoms in total. The topological polar surface area (TPSA) is 103 Å². The molecule has 2 fully saturated rings. The summed E-state index contributed by atoms with van der Waals surface area (Å²) in [5.41, 5.74) is 4.38. The number of ether oxygens (including phenoxy) is 2. The van der Waals surface area contributed by atoms with Gasteiger partial charge in [0, 0.05) is 44.8 Å². The minimum absolute atomic E-state index is 0. The molecule has 2 heterocycles. The molecule has 0 bridgehead atoms. The Morgan fingerprint density at radius 3 is 1.54 bits per heavy atom. The Labute approximate surface area is 371 Å². The van der Waals surface area contributed by atoms with Gasteiger partial charge in [-0.3, -0.25) is 4.79 Å². The third kappa shape index (κ3) is 17.4. The van der Waals surface area contributed by atoms with Crippen LogP contribution in [0.15, 0.2) is 134 Å². The van der Waals surface area contributed by atoms with Gasteiger partial charge in [-0.05, 0) is 80.3 Å². The van der Waals surface area contributed by atoms with Crippen molar-refractivity contribution in [2.24, 2.45) is 5.92 Å². The molecule has 0 saturated carbocycles. The SMILES string of the molecule is C=C.CN[C@H](C(=O)N1CCC[C@H]1CN(CCc1ccccc1)C(=O)OCc1ccccc1)C(C)C.Cl.O=C(OCc1ccccc1)N(CCc1ccccc1)C[C@@H]1CCCN1. The van der Waals surface area contributed by atoms with Gasteiger partial charge in [0.15, 0.2) is 0 Å². The fourth-order valence-electron chi connectivity index (χ4n) is 7.62. The second-order valence-electron chi connectivity index (χ2n) is 15.6. The Balaban J connectivity index is 0.000000318. The molecule has 4 aromatic carbocycles. The minimum atomic E-state index is -0.330. The number of halogens is 1. The second-order valence-corrected chi connectivity index (χ2v) is 15.6. The van der Waals surface area contributed by atoms with E-state index in [4.69, 9.17) is 9.47 Å². The van der Waals surface area contributed by atoms with E-state index in [1.54, 1.807) is 4.90 Å². The maximum Gasteiger partial charge on any atom is 0.410 e. The number of hydrogen-bond acceptors (Lipinski definition) is 7. The van der Waals surface area contributed by atoms with Crippen LogP contribution in [-0.2, 0) is 40.3 Å². The van der Waals surface area contributed by atoms with Crippen LogP contribution < -0.4 is 10.6 Å². The number of nitrogens with one attached hydrogen (secondary N) is 2. The zero-order valence-corrected chi connectivity index (χ0v) is 37.3. The lowest BCUT2D eigenvalue weighted by Gasteiger charge is -2.33. The normalized spacial score (nSPS) is 15.8. The first-order valence-electron chi connectivity index (χ1n) is 21.5. The molecule has 6 rings (SSSR count). The van der Waals surface area contributed by atoms with Crippen LogP contribution >= 0.6 is 12.4 Å². The maximum atomic E-state index is 13.2. The molecule has 2 saturated heterocycles. The van der Waals surface area contributed by atoms with Crippen molar-refractivity contribution in [2.75, 3.05) is 46.3 Å². The molecule has 0 radical (unpaired) electrons. The van der Waals surface area contributed by atoms with Gasteiger partial charge in [-0.25, -0.2) is 9.59 Å². The Morgan fingerprint density at radius 2 is 1.13 bits per heavy atom. The number of hydrogen-bond donors (Lipinski definition) is 2. The smallest absolute Gasteiger partial charge is 0.410 e. The van der Waals surface area contributed by atoms with E-state index < -0.39 is 0 Å². The largest absolute Gasteiger partial charge is 0.445 e. The van der Waals surface area contributed by atoms with Crippen molar-refractivity contribution >= 4 is 30.5 Å². The third-order valence-corrected chi connectivity index (χ3v) is 10.9. The van der Waals surface area contributed by atoms with E-state index in [1.165, 1.54) is 17.5 Å². The molecule has 0 unspecified atom stereocenters.